The van der Waals surface area contributed by atoms with E-state index in [1.54, 1.807) is 6.26 Å². The topological polar surface area (TPSA) is 44.9 Å². The monoisotopic (exact) mass is 260 g/mol. The van der Waals surface area contributed by atoms with E-state index >= 15 is 0 Å². The summed E-state index contributed by atoms with van der Waals surface area (Å²) in [5.74, 6) is 1.15. The Balaban J connectivity index is 1.77. The Morgan fingerprint density at radius 2 is 2.21 bits per heavy atom. The van der Waals surface area contributed by atoms with Crippen molar-refractivity contribution in [3.8, 4) is 0 Å². The maximum Gasteiger partial charge on any atom is 0.180 e. The molecule has 19 heavy (non-hydrogen) atoms. The summed E-state index contributed by atoms with van der Waals surface area (Å²) < 4.78 is 5.04. The van der Waals surface area contributed by atoms with Crippen LogP contribution < -0.4 is 0 Å². The van der Waals surface area contributed by atoms with Crippen molar-refractivity contribution in [3.05, 3.63) is 29.6 Å². The second-order valence-corrected chi connectivity index (χ2v) is 5.32. The predicted octanol–water partition coefficient (Wildman–Crippen LogP) is 1.89. The standard InChI is InChI=1S/C14H20N4O/c1-10-11(2)16-12(3)18-5-4-17(7-14(10)18)6-13-8-19-9-15-13/h8-9,11H,4-7H2,1-3H3. The number of aliphatic imine (C=N–C) groups is 1. The third-order valence-electron chi connectivity index (χ3n) is 4.06. The first kappa shape index (κ1) is 12.4. The van der Waals surface area contributed by atoms with Gasteiger partial charge in [-0.25, -0.2) is 4.98 Å². The molecule has 5 nitrogen and oxygen atoms in total. The van der Waals surface area contributed by atoms with Gasteiger partial charge in [0.15, 0.2) is 6.39 Å². The summed E-state index contributed by atoms with van der Waals surface area (Å²) in [5.41, 5.74) is 3.80. The number of rotatable bonds is 2. The lowest BCUT2D eigenvalue weighted by Gasteiger charge is -2.41. The van der Waals surface area contributed by atoms with Crippen LogP contribution >= 0.6 is 0 Å². The summed E-state index contributed by atoms with van der Waals surface area (Å²) in [6.45, 7) is 10.3. The molecule has 0 radical (unpaired) electrons. The average Bonchev–Trinajstić information content (AvgIpc) is 2.89. The molecule has 1 saturated heterocycles. The van der Waals surface area contributed by atoms with Crippen molar-refractivity contribution in [2.24, 2.45) is 4.99 Å². The van der Waals surface area contributed by atoms with Crippen LogP contribution in [0, 0.1) is 0 Å². The third-order valence-corrected chi connectivity index (χ3v) is 4.06. The second-order valence-electron chi connectivity index (χ2n) is 5.32. The van der Waals surface area contributed by atoms with Crippen LogP contribution in [-0.2, 0) is 6.54 Å². The fourth-order valence-corrected chi connectivity index (χ4v) is 2.81. The Kier molecular flexibility index (Phi) is 3.14. The van der Waals surface area contributed by atoms with Crippen LogP contribution in [0.15, 0.2) is 33.3 Å². The zero-order valence-electron chi connectivity index (χ0n) is 11.8. The van der Waals surface area contributed by atoms with E-state index in [0.29, 0.717) is 6.04 Å². The minimum atomic E-state index is 0.304. The van der Waals surface area contributed by atoms with Crippen molar-refractivity contribution in [1.82, 2.24) is 14.8 Å². The van der Waals surface area contributed by atoms with Crippen LogP contribution in [0.1, 0.15) is 26.5 Å². The zero-order chi connectivity index (χ0) is 13.4. The van der Waals surface area contributed by atoms with E-state index < -0.39 is 0 Å². The van der Waals surface area contributed by atoms with E-state index in [9.17, 15) is 0 Å². The Hall–Kier alpha value is -1.62. The molecule has 5 heteroatoms. The van der Waals surface area contributed by atoms with Crippen LogP contribution in [0.2, 0.25) is 0 Å². The Labute approximate surface area is 113 Å². The molecular formula is C14H20N4O. The van der Waals surface area contributed by atoms with Gasteiger partial charge in [0.25, 0.3) is 0 Å². The summed E-state index contributed by atoms with van der Waals surface area (Å²) in [7, 11) is 0. The summed E-state index contributed by atoms with van der Waals surface area (Å²) in [6, 6.07) is 0.304. The molecule has 2 aliphatic heterocycles. The van der Waals surface area contributed by atoms with Crippen molar-refractivity contribution in [3.63, 3.8) is 0 Å². The molecule has 0 saturated carbocycles. The molecule has 3 rings (SSSR count). The minimum Gasteiger partial charge on any atom is -0.451 e. The van der Waals surface area contributed by atoms with E-state index in [-0.39, 0.29) is 0 Å². The van der Waals surface area contributed by atoms with Gasteiger partial charge in [0, 0.05) is 31.9 Å². The first-order valence-corrected chi connectivity index (χ1v) is 6.76. The second kappa shape index (κ2) is 4.81. The summed E-state index contributed by atoms with van der Waals surface area (Å²) in [6.07, 6.45) is 3.22. The van der Waals surface area contributed by atoms with Gasteiger partial charge in [-0.3, -0.25) is 9.89 Å². The van der Waals surface area contributed by atoms with Crippen LogP contribution in [0.4, 0.5) is 0 Å². The van der Waals surface area contributed by atoms with Gasteiger partial charge in [0.05, 0.1) is 11.7 Å². The number of amidine groups is 1. The van der Waals surface area contributed by atoms with E-state index in [4.69, 9.17) is 4.42 Å². The van der Waals surface area contributed by atoms with Gasteiger partial charge in [-0.05, 0) is 26.3 Å². The highest BCUT2D eigenvalue weighted by Gasteiger charge is 2.29. The zero-order valence-corrected chi connectivity index (χ0v) is 11.8. The molecule has 0 bridgehead atoms. The highest BCUT2D eigenvalue weighted by Crippen LogP contribution is 2.26. The van der Waals surface area contributed by atoms with Crippen molar-refractivity contribution < 1.29 is 4.42 Å². The van der Waals surface area contributed by atoms with Gasteiger partial charge in [-0.15, -0.1) is 0 Å². The molecule has 0 aliphatic carbocycles. The molecule has 1 fully saturated rings. The maximum absolute atomic E-state index is 5.04. The molecule has 3 heterocycles. The van der Waals surface area contributed by atoms with Gasteiger partial charge >= 0.3 is 0 Å². The molecule has 1 unspecified atom stereocenters. The molecule has 1 atom stereocenters. The van der Waals surface area contributed by atoms with Crippen molar-refractivity contribution in [2.75, 3.05) is 19.6 Å². The number of aromatic nitrogens is 1. The highest BCUT2D eigenvalue weighted by atomic mass is 16.3. The fraction of sp³-hybridized carbons (Fsp3) is 0.571. The normalized spacial score (nSPS) is 24.5. The number of oxazole rings is 1. The number of piperazine rings is 1. The Bertz CT molecular complexity index is 518. The number of fused-ring (bicyclic) bond motifs is 1. The largest absolute Gasteiger partial charge is 0.451 e. The molecule has 1 aromatic rings. The van der Waals surface area contributed by atoms with Crippen LogP contribution in [0.3, 0.4) is 0 Å². The molecule has 0 N–H and O–H groups in total. The lowest BCUT2D eigenvalue weighted by Crippen LogP contribution is -2.48. The molecule has 0 spiro atoms. The lowest BCUT2D eigenvalue weighted by molar-refractivity contribution is 0.205. The molecule has 2 aliphatic rings. The Morgan fingerprint density at radius 1 is 1.37 bits per heavy atom. The van der Waals surface area contributed by atoms with Crippen LogP contribution in [-0.4, -0.2) is 46.3 Å². The van der Waals surface area contributed by atoms with Crippen LogP contribution in [0.25, 0.3) is 0 Å². The quantitative estimate of drug-likeness (QED) is 0.814. The van der Waals surface area contributed by atoms with Gasteiger partial charge < -0.3 is 9.32 Å². The van der Waals surface area contributed by atoms with Gasteiger partial charge in [-0.1, -0.05) is 0 Å². The Morgan fingerprint density at radius 3 is 2.95 bits per heavy atom. The van der Waals surface area contributed by atoms with Crippen molar-refractivity contribution in [1.29, 1.82) is 0 Å². The first-order chi connectivity index (χ1) is 9.15. The smallest absolute Gasteiger partial charge is 0.180 e. The average molecular weight is 260 g/mol. The fourth-order valence-electron chi connectivity index (χ4n) is 2.81. The van der Waals surface area contributed by atoms with E-state index in [0.717, 1.165) is 37.7 Å². The van der Waals surface area contributed by atoms with E-state index in [2.05, 4.69) is 40.5 Å². The van der Waals surface area contributed by atoms with Crippen molar-refractivity contribution in [2.45, 2.75) is 33.4 Å². The maximum atomic E-state index is 5.04. The summed E-state index contributed by atoms with van der Waals surface area (Å²) >= 11 is 0. The predicted molar refractivity (Wildman–Crippen MR) is 73.8 cm³/mol. The SMILES string of the molecule is CC1=NC(C)C(C)=C2CN(Cc3cocn3)CCN12. The molecule has 0 aromatic carbocycles. The van der Waals surface area contributed by atoms with E-state index in [1.165, 1.54) is 17.7 Å². The number of hydrogen-bond donors (Lipinski definition) is 0. The van der Waals surface area contributed by atoms with Crippen LogP contribution in [0.5, 0.6) is 0 Å². The minimum absolute atomic E-state index is 0.304. The van der Waals surface area contributed by atoms with Gasteiger partial charge in [-0.2, -0.15) is 0 Å². The highest BCUT2D eigenvalue weighted by molar-refractivity contribution is 5.83. The number of hydrogen-bond acceptors (Lipinski definition) is 5. The van der Waals surface area contributed by atoms with E-state index in [1.807, 2.05) is 0 Å². The van der Waals surface area contributed by atoms with Crippen molar-refractivity contribution >= 4 is 5.84 Å². The summed E-state index contributed by atoms with van der Waals surface area (Å²) in [4.78, 5) is 13.7. The summed E-state index contributed by atoms with van der Waals surface area (Å²) in [5, 5.41) is 0. The first-order valence-electron chi connectivity index (χ1n) is 6.76. The molecule has 1 aromatic heterocycles. The lowest BCUT2D eigenvalue weighted by atomic mass is 10.0. The molecule has 102 valence electrons. The van der Waals surface area contributed by atoms with Gasteiger partial charge in [0.1, 0.15) is 12.1 Å². The molecule has 0 amide bonds. The van der Waals surface area contributed by atoms with Gasteiger partial charge in [0.2, 0.25) is 0 Å². The number of nitrogens with zero attached hydrogens (tertiary/aromatic N) is 4. The third kappa shape index (κ3) is 2.30. The molecular weight excluding hydrogens is 240 g/mol.